The van der Waals surface area contributed by atoms with E-state index >= 15 is 0 Å². The lowest BCUT2D eigenvalue weighted by atomic mass is 9.92. The molecule has 0 aromatic heterocycles. The van der Waals surface area contributed by atoms with E-state index in [-0.39, 0.29) is 11.8 Å². The molecule has 23 heavy (non-hydrogen) atoms. The first-order chi connectivity index (χ1) is 10.9. The third kappa shape index (κ3) is 2.84. The fourth-order valence-electron chi connectivity index (χ4n) is 2.66. The highest BCUT2D eigenvalue weighted by atomic mass is 16.2. The summed E-state index contributed by atoms with van der Waals surface area (Å²) in [5, 5.41) is 5.81. The summed E-state index contributed by atoms with van der Waals surface area (Å²) in [6.07, 6.45) is 0. The van der Waals surface area contributed by atoms with Gasteiger partial charge < -0.3 is 10.6 Å². The van der Waals surface area contributed by atoms with Crippen LogP contribution in [-0.2, 0) is 9.59 Å². The Morgan fingerprint density at radius 3 is 2.30 bits per heavy atom. The average molecular weight is 308 g/mol. The van der Waals surface area contributed by atoms with E-state index in [1.807, 2.05) is 69.3 Å². The molecule has 1 aliphatic heterocycles. The highest BCUT2D eigenvalue weighted by molar-refractivity contribution is 6.04. The molecule has 4 nitrogen and oxygen atoms in total. The molecule has 1 heterocycles. The molecule has 2 amide bonds. The summed E-state index contributed by atoms with van der Waals surface area (Å²) in [7, 11) is 0. The van der Waals surface area contributed by atoms with Crippen molar-refractivity contribution < 1.29 is 9.59 Å². The summed E-state index contributed by atoms with van der Waals surface area (Å²) in [6, 6.07) is 14.7. The fourth-order valence-corrected chi connectivity index (χ4v) is 2.66. The molecule has 3 rings (SSSR count). The second-order valence-corrected chi connectivity index (χ2v) is 6.78. The number of carbonyl (C=O) groups excluding carboxylic acids is 2. The molecule has 0 saturated heterocycles. The Kier molecular flexibility index (Phi) is 3.68. The van der Waals surface area contributed by atoms with Crippen molar-refractivity contribution in [3.8, 4) is 11.1 Å². The number of para-hydroxylation sites is 1. The minimum Gasteiger partial charge on any atom is -0.340 e. The van der Waals surface area contributed by atoms with Crippen LogP contribution in [-0.4, -0.2) is 11.8 Å². The number of hydrogen-bond donors (Lipinski definition) is 2. The Morgan fingerprint density at radius 1 is 1.00 bits per heavy atom. The van der Waals surface area contributed by atoms with Crippen LogP contribution in [0.5, 0.6) is 0 Å². The van der Waals surface area contributed by atoms with Crippen molar-refractivity contribution in [2.45, 2.75) is 26.8 Å². The van der Waals surface area contributed by atoms with Gasteiger partial charge in [0.25, 0.3) is 5.91 Å². The molecule has 2 N–H and O–H groups in total. The second-order valence-electron chi connectivity index (χ2n) is 6.78. The van der Waals surface area contributed by atoms with Gasteiger partial charge in [0.15, 0.2) is 0 Å². The van der Waals surface area contributed by atoms with Crippen LogP contribution in [0.15, 0.2) is 48.5 Å². The van der Waals surface area contributed by atoms with Gasteiger partial charge in [-0.05, 0) is 17.2 Å². The molecule has 1 atom stereocenters. The summed E-state index contributed by atoms with van der Waals surface area (Å²) in [5.41, 5.74) is 2.93. The SMILES string of the molecule is CC(C)(C)C(=O)N[C@@H]1C(=O)Nc2ccccc2-c2ccccc21. The first-order valence-electron chi connectivity index (χ1n) is 7.68. The number of fused-ring (bicyclic) bond motifs is 3. The maximum absolute atomic E-state index is 12.7. The number of nitrogens with one attached hydrogen (secondary N) is 2. The fraction of sp³-hybridized carbons (Fsp3) is 0.263. The van der Waals surface area contributed by atoms with Crippen LogP contribution in [0.25, 0.3) is 11.1 Å². The van der Waals surface area contributed by atoms with Crippen LogP contribution in [0.2, 0.25) is 0 Å². The normalized spacial score (nSPS) is 16.7. The molecular formula is C19H20N2O2. The van der Waals surface area contributed by atoms with Gasteiger partial charge in [0.2, 0.25) is 5.91 Å². The van der Waals surface area contributed by atoms with Gasteiger partial charge in [-0.25, -0.2) is 0 Å². The predicted octanol–water partition coefficient (Wildman–Crippen LogP) is 3.51. The van der Waals surface area contributed by atoms with Crippen LogP contribution in [0.3, 0.4) is 0 Å². The zero-order valence-electron chi connectivity index (χ0n) is 13.5. The van der Waals surface area contributed by atoms with E-state index < -0.39 is 11.5 Å². The van der Waals surface area contributed by atoms with E-state index in [2.05, 4.69) is 10.6 Å². The molecule has 1 aliphatic rings. The van der Waals surface area contributed by atoms with Crippen molar-refractivity contribution in [3.63, 3.8) is 0 Å². The lowest BCUT2D eigenvalue weighted by Crippen LogP contribution is -2.42. The molecule has 2 aromatic rings. The average Bonchev–Trinajstić information content (AvgIpc) is 2.62. The second kappa shape index (κ2) is 5.54. The molecule has 0 aliphatic carbocycles. The first kappa shape index (κ1) is 15.3. The van der Waals surface area contributed by atoms with E-state index in [1.54, 1.807) is 0 Å². The van der Waals surface area contributed by atoms with Crippen LogP contribution in [0.4, 0.5) is 5.69 Å². The standard InChI is InChI=1S/C19H20N2O2/c1-19(2,3)18(23)21-16-14-10-5-4-8-12(14)13-9-6-7-11-15(13)20-17(16)22/h4-11,16H,1-3H3,(H,20,22)(H,21,23)/t16-/m0/s1. The monoisotopic (exact) mass is 308 g/mol. The van der Waals surface area contributed by atoms with Crippen molar-refractivity contribution in [2.24, 2.45) is 5.41 Å². The number of anilines is 1. The summed E-state index contributed by atoms with van der Waals surface area (Å²) in [4.78, 5) is 25.1. The summed E-state index contributed by atoms with van der Waals surface area (Å²) in [5.74, 6) is -0.376. The van der Waals surface area contributed by atoms with Gasteiger partial charge in [-0.1, -0.05) is 63.2 Å². The van der Waals surface area contributed by atoms with Crippen LogP contribution in [0.1, 0.15) is 32.4 Å². The number of hydrogen-bond acceptors (Lipinski definition) is 2. The number of carbonyl (C=O) groups is 2. The van der Waals surface area contributed by atoms with Gasteiger partial charge in [-0.15, -0.1) is 0 Å². The van der Waals surface area contributed by atoms with Crippen molar-refractivity contribution in [1.82, 2.24) is 5.32 Å². The van der Waals surface area contributed by atoms with Crippen LogP contribution in [0, 0.1) is 5.41 Å². The Morgan fingerprint density at radius 2 is 1.61 bits per heavy atom. The third-order valence-electron chi connectivity index (χ3n) is 3.97. The van der Waals surface area contributed by atoms with Crippen LogP contribution >= 0.6 is 0 Å². The Bertz CT molecular complexity index is 775. The smallest absolute Gasteiger partial charge is 0.251 e. The van der Waals surface area contributed by atoms with Gasteiger partial charge in [-0.2, -0.15) is 0 Å². The van der Waals surface area contributed by atoms with E-state index in [0.29, 0.717) is 0 Å². The molecule has 0 unspecified atom stereocenters. The van der Waals surface area contributed by atoms with Gasteiger partial charge in [0.1, 0.15) is 6.04 Å². The van der Waals surface area contributed by atoms with E-state index in [0.717, 1.165) is 22.4 Å². The predicted molar refractivity (Wildman–Crippen MR) is 90.8 cm³/mol. The van der Waals surface area contributed by atoms with Gasteiger partial charge in [-0.3, -0.25) is 9.59 Å². The molecule has 0 fully saturated rings. The molecule has 0 saturated carbocycles. The maximum atomic E-state index is 12.7. The summed E-state index contributed by atoms with van der Waals surface area (Å²) >= 11 is 0. The first-order valence-corrected chi connectivity index (χ1v) is 7.68. The van der Waals surface area contributed by atoms with Crippen molar-refractivity contribution >= 4 is 17.5 Å². The van der Waals surface area contributed by atoms with Crippen molar-refractivity contribution in [2.75, 3.05) is 5.32 Å². The lowest BCUT2D eigenvalue weighted by molar-refractivity contribution is -0.132. The van der Waals surface area contributed by atoms with Crippen LogP contribution < -0.4 is 10.6 Å². The highest BCUT2D eigenvalue weighted by Crippen LogP contribution is 2.37. The third-order valence-corrected chi connectivity index (χ3v) is 3.97. The number of rotatable bonds is 1. The Hall–Kier alpha value is -2.62. The molecule has 0 radical (unpaired) electrons. The van der Waals surface area contributed by atoms with E-state index in [9.17, 15) is 9.59 Å². The quantitative estimate of drug-likeness (QED) is 0.847. The molecule has 0 spiro atoms. The topological polar surface area (TPSA) is 58.2 Å². The highest BCUT2D eigenvalue weighted by Gasteiger charge is 2.32. The molecule has 4 heteroatoms. The minimum atomic E-state index is -0.703. The van der Waals surface area contributed by atoms with E-state index in [1.165, 1.54) is 0 Å². The molecule has 2 aromatic carbocycles. The summed E-state index contributed by atoms with van der Waals surface area (Å²) < 4.78 is 0. The summed E-state index contributed by atoms with van der Waals surface area (Å²) in [6.45, 7) is 5.49. The molecule has 118 valence electrons. The minimum absolute atomic E-state index is 0.154. The number of amides is 2. The lowest BCUT2D eigenvalue weighted by Gasteiger charge is -2.23. The Balaban J connectivity index is 2.10. The molecule has 0 bridgehead atoms. The zero-order valence-corrected chi connectivity index (χ0v) is 13.5. The zero-order chi connectivity index (χ0) is 16.6. The largest absolute Gasteiger partial charge is 0.340 e. The van der Waals surface area contributed by atoms with E-state index in [4.69, 9.17) is 0 Å². The number of benzene rings is 2. The van der Waals surface area contributed by atoms with Gasteiger partial charge in [0, 0.05) is 16.7 Å². The Labute approximate surface area is 135 Å². The van der Waals surface area contributed by atoms with Gasteiger partial charge >= 0.3 is 0 Å². The maximum Gasteiger partial charge on any atom is 0.251 e. The van der Waals surface area contributed by atoms with Gasteiger partial charge in [0.05, 0.1) is 0 Å². The van der Waals surface area contributed by atoms with Crippen molar-refractivity contribution in [1.29, 1.82) is 0 Å². The molecular weight excluding hydrogens is 288 g/mol. The van der Waals surface area contributed by atoms with Crippen molar-refractivity contribution in [3.05, 3.63) is 54.1 Å².